The Bertz CT molecular complexity index is 641. The van der Waals surface area contributed by atoms with Gasteiger partial charge in [-0.05, 0) is 11.1 Å². The van der Waals surface area contributed by atoms with Crippen molar-refractivity contribution in [2.75, 3.05) is 12.3 Å². The molecule has 10 heteroatoms. The number of alkyl halides is 2. The molecule has 1 saturated heterocycles. The van der Waals surface area contributed by atoms with Crippen LogP contribution in [0.15, 0.2) is 17.1 Å². The van der Waals surface area contributed by atoms with Gasteiger partial charge < -0.3 is 20.0 Å². The molecule has 0 saturated carbocycles. The summed E-state index contributed by atoms with van der Waals surface area (Å²) in [4.78, 5) is 15.2. The van der Waals surface area contributed by atoms with Gasteiger partial charge in [0.05, 0.1) is 6.61 Å². The summed E-state index contributed by atoms with van der Waals surface area (Å²) in [6.45, 7) is 5.98. The Morgan fingerprint density at radius 1 is 1.58 bits per heavy atom. The molecule has 0 bridgehead atoms. The highest BCUT2D eigenvalue weighted by atomic mass is 28.2. The molecular formula is C14H23F2N3O4Si. The predicted molar refractivity (Wildman–Crippen MR) is 86.6 cm³/mol. The van der Waals surface area contributed by atoms with Gasteiger partial charge in [0.25, 0.3) is 0 Å². The second kappa shape index (κ2) is 6.87. The third-order valence-electron chi connectivity index (χ3n) is 4.22. The maximum Gasteiger partial charge on any atom is 0.351 e. The zero-order chi connectivity index (χ0) is 18.1. The van der Waals surface area contributed by atoms with E-state index in [1.54, 1.807) is 0 Å². The highest BCUT2D eigenvalue weighted by Gasteiger charge is 2.59. The van der Waals surface area contributed by atoms with Crippen LogP contribution < -0.4 is 11.4 Å². The first-order chi connectivity index (χ1) is 11.1. The first-order valence-electron chi connectivity index (χ1n) is 7.72. The summed E-state index contributed by atoms with van der Waals surface area (Å²) in [5.41, 5.74) is 4.39. The number of nitrogen functional groups attached to an aromatic ring is 1. The van der Waals surface area contributed by atoms with Crippen LogP contribution in [0.25, 0.3) is 0 Å². The van der Waals surface area contributed by atoms with Crippen molar-refractivity contribution in [3.05, 3.63) is 22.7 Å². The molecule has 136 valence electrons. The van der Waals surface area contributed by atoms with E-state index in [-0.39, 0.29) is 17.5 Å². The molecule has 0 amide bonds. The molecule has 1 aliphatic heterocycles. The number of anilines is 1. The van der Waals surface area contributed by atoms with Gasteiger partial charge in [-0.25, -0.2) is 4.79 Å². The van der Waals surface area contributed by atoms with Crippen LogP contribution in [0.3, 0.4) is 0 Å². The lowest BCUT2D eigenvalue weighted by Gasteiger charge is -2.23. The monoisotopic (exact) mass is 363 g/mol. The summed E-state index contributed by atoms with van der Waals surface area (Å²) >= 11 is 0. The molecule has 3 N–H and O–H groups in total. The number of hydrogen-bond donors (Lipinski definition) is 2. The highest BCUT2D eigenvalue weighted by Crippen LogP contribution is 2.42. The molecule has 0 aromatic carbocycles. The zero-order valence-electron chi connectivity index (χ0n) is 13.9. The molecule has 1 fully saturated rings. The van der Waals surface area contributed by atoms with Gasteiger partial charge in [0.2, 0.25) is 6.23 Å². The minimum atomic E-state index is -3.64. The lowest BCUT2D eigenvalue weighted by atomic mass is 10.1. The molecule has 1 aliphatic rings. The summed E-state index contributed by atoms with van der Waals surface area (Å²) in [7, 11) is -0.980. The molecule has 2 rings (SSSR count). The van der Waals surface area contributed by atoms with Gasteiger partial charge in [0.1, 0.15) is 11.9 Å². The largest absolute Gasteiger partial charge is 0.421 e. The molecule has 1 aromatic rings. The Labute approximate surface area is 140 Å². The van der Waals surface area contributed by atoms with Crippen LogP contribution in [0.2, 0.25) is 5.04 Å². The summed E-state index contributed by atoms with van der Waals surface area (Å²) in [6.07, 6.45) is -3.23. The number of rotatable bonds is 6. The number of aliphatic hydroxyl groups is 1. The van der Waals surface area contributed by atoms with Crippen LogP contribution in [0.4, 0.5) is 14.6 Å². The quantitative estimate of drug-likeness (QED) is 0.711. The first kappa shape index (κ1) is 19.0. The summed E-state index contributed by atoms with van der Waals surface area (Å²) in [6, 6.07) is 1.22. The average molecular weight is 363 g/mol. The maximum atomic E-state index is 14.3. The van der Waals surface area contributed by atoms with Crippen molar-refractivity contribution in [3.8, 4) is 0 Å². The Morgan fingerprint density at radius 2 is 2.25 bits per heavy atom. The lowest BCUT2D eigenvalue weighted by molar-refractivity contribution is -0.140. The minimum absolute atomic E-state index is 0.0310. The van der Waals surface area contributed by atoms with Crippen LogP contribution in [0.1, 0.15) is 33.4 Å². The van der Waals surface area contributed by atoms with Crippen molar-refractivity contribution in [1.82, 2.24) is 9.55 Å². The molecule has 0 spiro atoms. The fourth-order valence-corrected chi connectivity index (χ4v) is 3.37. The molecule has 0 aliphatic carbocycles. The van der Waals surface area contributed by atoms with E-state index in [1.165, 1.54) is 6.07 Å². The van der Waals surface area contributed by atoms with Gasteiger partial charge in [-0.2, -0.15) is 13.8 Å². The Balaban J connectivity index is 2.11. The van der Waals surface area contributed by atoms with Gasteiger partial charge in [0, 0.05) is 6.20 Å². The standard InChI is InChI=1S/C14H23F2N3O4Si/c1-4-13(2,3)24-22-7-8-10(20)14(15,16)11(23-8)19-6-5-9(17)18-12(19)21/h5-6,8,10-11,20H,4,7,24H2,1-3H3,(H2,17,18,21). The van der Waals surface area contributed by atoms with Crippen molar-refractivity contribution in [2.45, 2.75) is 56.6 Å². The Hall–Kier alpha value is -1.36. The number of ether oxygens (including phenoxy) is 1. The van der Waals surface area contributed by atoms with Crippen LogP contribution in [0, 0.1) is 0 Å². The Morgan fingerprint density at radius 3 is 2.83 bits per heavy atom. The molecule has 24 heavy (non-hydrogen) atoms. The van der Waals surface area contributed by atoms with Gasteiger partial charge in [-0.3, -0.25) is 4.57 Å². The smallest absolute Gasteiger partial charge is 0.351 e. The van der Waals surface area contributed by atoms with Crippen molar-refractivity contribution in [1.29, 1.82) is 0 Å². The van der Waals surface area contributed by atoms with Crippen molar-refractivity contribution in [3.63, 3.8) is 0 Å². The van der Waals surface area contributed by atoms with Crippen LogP contribution >= 0.6 is 0 Å². The fraction of sp³-hybridized carbons (Fsp3) is 0.714. The average Bonchev–Trinajstić information content (AvgIpc) is 2.71. The number of aliphatic hydroxyl groups excluding tert-OH is 1. The number of halogens is 2. The molecule has 3 unspecified atom stereocenters. The third kappa shape index (κ3) is 3.82. The van der Waals surface area contributed by atoms with E-state index in [4.69, 9.17) is 14.9 Å². The van der Waals surface area contributed by atoms with Crippen LogP contribution in [-0.4, -0.2) is 49.2 Å². The topological polar surface area (TPSA) is 99.6 Å². The fourth-order valence-electron chi connectivity index (χ4n) is 2.26. The van der Waals surface area contributed by atoms with Gasteiger partial charge >= 0.3 is 11.6 Å². The van der Waals surface area contributed by atoms with Crippen molar-refractivity contribution < 1.29 is 23.1 Å². The number of nitrogens with zero attached hydrogens (tertiary/aromatic N) is 2. The van der Waals surface area contributed by atoms with E-state index in [0.717, 1.165) is 12.6 Å². The lowest BCUT2D eigenvalue weighted by Crippen LogP contribution is -2.42. The number of nitrogens with two attached hydrogens (primary N) is 1. The second-order valence-electron chi connectivity index (χ2n) is 6.72. The van der Waals surface area contributed by atoms with E-state index in [9.17, 15) is 18.7 Å². The van der Waals surface area contributed by atoms with Crippen LogP contribution in [0.5, 0.6) is 0 Å². The molecule has 1 aromatic heterocycles. The molecule has 2 heterocycles. The Kier molecular flexibility index (Phi) is 5.43. The maximum absolute atomic E-state index is 14.3. The molecule has 7 nitrogen and oxygen atoms in total. The predicted octanol–water partition coefficient (Wildman–Crippen LogP) is 0.428. The van der Waals surface area contributed by atoms with Gasteiger partial charge in [-0.15, -0.1) is 0 Å². The van der Waals surface area contributed by atoms with E-state index < -0.39 is 39.8 Å². The molecule has 0 radical (unpaired) electrons. The van der Waals surface area contributed by atoms with Gasteiger partial charge in [-0.1, -0.05) is 27.2 Å². The first-order valence-corrected chi connectivity index (χ1v) is 9.00. The second-order valence-corrected chi connectivity index (χ2v) is 9.33. The van der Waals surface area contributed by atoms with Crippen molar-refractivity contribution >= 4 is 15.6 Å². The van der Waals surface area contributed by atoms with Crippen molar-refractivity contribution in [2.24, 2.45) is 0 Å². The van der Waals surface area contributed by atoms with Crippen LogP contribution in [-0.2, 0) is 9.16 Å². The molecular weight excluding hydrogens is 340 g/mol. The summed E-state index contributed by atoms with van der Waals surface area (Å²) in [5.74, 6) is -3.72. The minimum Gasteiger partial charge on any atom is -0.421 e. The van der Waals surface area contributed by atoms with Gasteiger partial charge in [0.15, 0.2) is 15.9 Å². The van der Waals surface area contributed by atoms with E-state index in [1.807, 2.05) is 20.8 Å². The SMILES string of the molecule is CCC(C)(C)[SiH2]OCC1OC(n2ccc(N)nc2=O)C(F)(F)C1O. The zero-order valence-corrected chi connectivity index (χ0v) is 15.3. The van der Waals surface area contributed by atoms with E-state index in [2.05, 4.69) is 4.98 Å². The number of aromatic nitrogens is 2. The number of hydrogen-bond acceptors (Lipinski definition) is 6. The third-order valence-corrected chi connectivity index (χ3v) is 5.94. The van der Waals surface area contributed by atoms with E-state index in [0.29, 0.717) is 4.57 Å². The summed E-state index contributed by atoms with van der Waals surface area (Å²) < 4.78 is 40.0. The summed E-state index contributed by atoms with van der Waals surface area (Å²) in [5, 5.41) is 9.91. The van der Waals surface area contributed by atoms with E-state index >= 15 is 0 Å². The molecule has 3 atom stereocenters. The highest BCUT2D eigenvalue weighted by molar-refractivity contribution is 6.31. The normalized spacial score (nSPS) is 27.2.